The molecule has 0 amide bonds. The summed E-state index contributed by atoms with van der Waals surface area (Å²) in [6.07, 6.45) is 3.47. The van der Waals surface area contributed by atoms with Gasteiger partial charge in [-0.2, -0.15) is 0 Å². The average molecular weight is 321 g/mol. The van der Waals surface area contributed by atoms with Gasteiger partial charge in [-0.05, 0) is 37.7 Å². The van der Waals surface area contributed by atoms with Gasteiger partial charge < -0.3 is 0 Å². The van der Waals surface area contributed by atoms with E-state index in [9.17, 15) is 0 Å². The molecule has 1 heterocycles. The van der Waals surface area contributed by atoms with Gasteiger partial charge in [-0.1, -0.05) is 60.0 Å². The molecule has 1 aliphatic rings. The van der Waals surface area contributed by atoms with Gasteiger partial charge in [-0.15, -0.1) is 0 Å². The van der Waals surface area contributed by atoms with Crippen molar-refractivity contribution in [3.05, 3.63) is 46.0 Å². The van der Waals surface area contributed by atoms with Gasteiger partial charge in [0.1, 0.15) is 16.1 Å². The number of hydrogen-bond acceptors (Lipinski definition) is 2. The van der Waals surface area contributed by atoms with Gasteiger partial charge >= 0.3 is 0 Å². The van der Waals surface area contributed by atoms with Crippen LogP contribution in [0.4, 0.5) is 0 Å². The molecule has 2 aromatic rings. The van der Waals surface area contributed by atoms with Crippen LogP contribution in [0.15, 0.2) is 24.3 Å². The summed E-state index contributed by atoms with van der Waals surface area (Å²) in [7, 11) is 0. The van der Waals surface area contributed by atoms with Crippen molar-refractivity contribution in [3.63, 3.8) is 0 Å². The second kappa shape index (κ2) is 5.94. The molecule has 0 radical (unpaired) electrons. The highest BCUT2D eigenvalue weighted by atomic mass is 35.5. The highest BCUT2D eigenvalue weighted by Crippen LogP contribution is 2.39. The van der Waals surface area contributed by atoms with Crippen molar-refractivity contribution in [2.75, 3.05) is 0 Å². The summed E-state index contributed by atoms with van der Waals surface area (Å²) in [5.41, 5.74) is 2.89. The average Bonchev–Trinajstić information content (AvgIpc) is 2.87. The topological polar surface area (TPSA) is 25.8 Å². The molecule has 3 rings (SSSR count). The zero-order chi connectivity index (χ0) is 15.0. The summed E-state index contributed by atoms with van der Waals surface area (Å²) >= 11 is 12.8. The molecule has 0 spiro atoms. The number of halogens is 2. The second-order valence-electron chi connectivity index (χ2n) is 6.02. The van der Waals surface area contributed by atoms with Crippen LogP contribution in [0.25, 0.3) is 11.1 Å². The van der Waals surface area contributed by atoms with Gasteiger partial charge in [-0.3, -0.25) is 0 Å². The fourth-order valence-electron chi connectivity index (χ4n) is 3.01. The molecule has 2 unspecified atom stereocenters. The first kappa shape index (κ1) is 14.8. The van der Waals surface area contributed by atoms with Gasteiger partial charge in [0.25, 0.3) is 0 Å². The van der Waals surface area contributed by atoms with Crippen molar-refractivity contribution in [3.8, 4) is 11.1 Å². The van der Waals surface area contributed by atoms with Crippen molar-refractivity contribution in [2.24, 2.45) is 5.92 Å². The Bertz CT molecular complexity index is 629. The van der Waals surface area contributed by atoms with Crippen LogP contribution in [0.3, 0.4) is 0 Å². The van der Waals surface area contributed by atoms with E-state index in [0.717, 1.165) is 35.7 Å². The largest absolute Gasteiger partial charge is 0.220 e. The molecule has 4 heteroatoms. The fourth-order valence-corrected chi connectivity index (χ4v) is 3.62. The number of nitrogens with zero attached hydrogens (tertiary/aromatic N) is 2. The van der Waals surface area contributed by atoms with Crippen LogP contribution in [0.2, 0.25) is 10.3 Å². The normalized spacial score (nSPS) is 21.7. The monoisotopic (exact) mass is 320 g/mol. The van der Waals surface area contributed by atoms with E-state index >= 15 is 0 Å². The fraction of sp³-hybridized carbons (Fsp3) is 0.412. The van der Waals surface area contributed by atoms with Crippen LogP contribution in [-0.2, 0) is 0 Å². The lowest BCUT2D eigenvalue weighted by Crippen LogP contribution is -2.03. The maximum atomic E-state index is 6.39. The minimum Gasteiger partial charge on any atom is -0.220 e. The van der Waals surface area contributed by atoms with E-state index in [1.54, 1.807) is 0 Å². The Morgan fingerprint density at radius 3 is 2.14 bits per heavy atom. The van der Waals surface area contributed by atoms with Crippen LogP contribution in [0.5, 0.6) is 0 Å². The number of aromatic nitrogens is 2. The van der Waals surface area contributed by atoms with Crippen LogP contribution in [-0.4, -0.2) is 9.97 Å². The predicted molar refractivity (Wildman–Crippen MR) is 88.0 cm³/mol. The van der Waals surface area contributed by atoms with E-state index in [-0.39, 0.29) is 0 Å². The minimum atomic E-state index is 0.391. The Balaban J connectivity index is 1.98. The third-order valence-corrected chi connectivity index (χ3v) is 4.79. The maximum Gasteiger partial charge on any atom is 0.142 e. The van der Waals surface area contributed by atoms with Crippen molar-refractivity contribution >= 4 is 23.2 Å². The standard InChI is InChI=1S/C17H18Cl2N2/c1-10-3-6-12(7-4-10)14-15(18)20-17(21-16(14)19)13-8-5-11(2)9-13/h3-4,6-7,11,13H,5,8-9H2,1-2H3. The highest BCUT2D eigenvalue weighted by Gasteiger charge is 2.26. The van der Waals surface area contributed by atoms with Crippen molar-refractivity contribution in [1.82, 2.24) is 9.97 Å². The van der Waals surface area contributed by atoms with Gasteiger partial charge in [0.2, 0.25) is 0 Å². The van der Waals surface area contributed by atoms with Crippen LogP contribution in [0, 0.1) is 12.8 Å². The zero-order valence-electron chi connectivity index (χ0n) is 12.2. The molecule has 1 aromatic heterocycles. The maximum absolute atomic E-state index is 6.39. The number of hydrogen-bond donors (Lipinski definition) is 0. The molecule has 0 saturated heterocycles. The molecule has 1 aliphatic carbocycles. The molecule has 0 bridgehead atoms. The lowest BCUT2D eigenvalue weighted by Gasteiger charge is -2.12. The zero-order valence-corrected chi connectivity index (χ0v) is 13.7. The first-order chi connectivity index (χ1) is 10.0. The third-order valence-electron chi connectivity index (χ3n) is 4.24. The Kier molecular flexibility index (Phi) is 4.19. The lowest BCUT2D eigenvalue weighted by atomic mass is 10.0. The lowest BCUT2D eigenvalue weighted by molar-refractivity contribution is 0.585. The summed E-state index contributed by atoms with van der Waals surface area (Å²) in [5, 5.41) is 0.904. The van der Waals surface area contributed by atoms with Crippen LogP contribution >= 0.6 is 23.2 Å². The molecule has 1 saturated carbocycles. The summed E-state index contributed by atoms with van der Waals surface area (Å²) < 4.78 is 0. The number of rotatable bonds is 2. The molecule has 0 aliphatic heterocycles. The first-order valence-electron chi connectivity index (χ1n) is 7.34. The minimum absolute atomic E-state index is 0.391. The van der Waals surface area contributed by atoms with Crippen LogP contribution < -0.4 is 0 Å². The van der Waals surface area contributed by atoms with Gasteiger partial charge in [0, 0.05) is 5.92 Å². The predicted octanol–water partition coefficient (Wildman–Crippen LogP) is 5.66. The second-order valence-corrected chi connectivity index (χ2v) is 6.74. The van der Waals surface area contributed by atoms with Crippen LogP contribution in [0.1, 0.15) is 43.5 Å². The van der Waals surface area contributed by atoms with Gasteiger partial charge in [0.15, 0.2) is 0 Å². The highest BCUT2D eigenvalue weighted by molar-refractivity contribution is 6.37. The quantitative estimate of drug-likeness (QED) is 0.667. The smallest absolute Gasteiger partial charge is 0.142 e. The molecule has 1 aromatic carbocycles. The Hall–Kier alpha value is -1.12. The van der Waals surface area contributed by atoms with E-state index < -0.39 is 0 Å². The summed E-state index contributed by atoms with van der Waals surface area (Å²) in [4.78, 5) is 9.04. The van der Waals surface area contributed by atoms with Gasteiger partial charge in [0.05, 0.1) is 5.56 Å². The molecular formula is C17H18Cl2N2. The number of benzene rings is 1. The van der Waals surface area contributed by atoms with E-state index in [2.05, 4.69) is 16.9 Å². The molecule has 0 N–H and O–H groups in total. The first-order valence-corrected chi connectivity index (χ1v) is 8.10. The van der Waals surface area contributed by atoms with Gasteiger partial charge in [-0.25, -0.2) is 9.97 Å². The molecule has 1 fully saturated rings. The molecular weight excluding hydrogens is 303 g/mol. The third kappa shape index (κ3) is 3.07. The molecule has 2 nitrogen and oxygen atoms in total. The molecule has 110 valence electrons. The summed E-state index contributed by atoms with van der Waals surface area (Å²) in [5.74, 6) is 1.92. The Morgan fingerprint density at radius 1 is 1.00 bits per heavy atom. The van der Waals surface area contributed by atoms with E-state index in [0.29, 0.717) is 16.2 Å². The van der Waals surface area contributed by atoms with Crippen molar-refractivity contribution in [2.45, 2.75) is 39.0 Å². The van der Waals surface area contributed by atoms with Crippen molar-refractivity contribution in [1.29, 1.82) is 0 Å². The molecule has 2 atom stereocenters. The Labute approximate surface area is 135 Å². The summed E-state index contributed by atoms with van der Waals surface area (Å²) in [6, 6.07) is 8.08. The Morgan fingerprint density at radius 2 is 1.62 bits per heavy atom. The SMILES string of the molecule is Cc1ccc(-c2c(Cl)nc(C3CCC(C)C3)nc2Cl)cc1. The van der Waals surface area contributed by atoms with E-state index in [1.807, 2.05) is 31.2 Å². The molecule has 21 heavy (non-hydrogen) atoms. The van der Waals surface area contributed by atoms with E-state index in [1.165, 1.54) is 12.0 Å². The summed E-state index contributed by atoms with van der Waals surface area (Å²) in [6.45, 7) is 4.32. The van der Waals surface area contributed by atoms with E-state index in [4.69, 9.17) is 23.2 Å². The van der Waals surface area contributed by atoms with Crippen molar-refractivity contribution < 1.29 is 0 Å². The number of aryl methyl sites for hydroxylation is 1.